The molecule has 0 radical (unpaired) electrons. The van der Waals surface area contributed by atoms with Gasteiger partial charge < -0.3 is 20.7 Å². The second kappa shape index (κ2) is 15.2. The lowest BCUT2D eigenvalue weighted by Gasteiger charge is -2.27. The van der Waals surface area contributed by atoms with E-state index in [0.29, 0.717) is 18.7 Å². The first-order valence-electron chi connectivity index (χ1n) is 16.3. The van der Waals surface area contributed by atoms with E-state index in [1.165, 1.54) is 5.57 Å². The molecule has 0 spiro atoms. The number of nitrogens with one attached hydrogen (secondary N) is 3. The monoisotopic (exact) mass is 635 g/mol. The van der Waals surface area contributed by atoms with Crippen molar-refractivity contribution in [2.24, 2.45) is 4.99 Å². The fourth-order valence-corrected chi connectivity index (χ4v) is 5.28. The minimum atomic E-state index is -0.569. The molecule has 0 bridgehead atoms. The van der Waals surface area contributed by atoms with Crippen molar-refractivity contribution in [2.75, 3.05) is 13.1 Å². The van der Waals surface area contributed by atoms with Crippen molar-refractivity contribution in [1.82, 2.24) is 20.9 Å². The van der Waals surface area contributed by atoms with Gasteiger partial charge in [-0.3, -0.25) is 9.78 Å². The number of ether oxygens (including phenoxy) is 1. The SMILES string of the molecule is C/C=C(\N=C(C)NC(CNC(=O)c1cccc(C(C)(C)CNC(=O)OC(C)(C)C)c1)=C1CCC1)c1cccc(-c2ccnc(C)c2)c1. The summed E-state index contributed by atoms with van der Waals surface area (Å²) in [5, 5.41) is 9.48. The molecule has 1 heterocycles. The molecule has 0 saturated heterocycles. The van der Waals surface area contributed by atoms with E-state index in [2.05, 4.69) is 45.2 Å². The van der Waals surface area contributed by atoms with Crippen LogP contribution in [0.1, 0.15) is 94.9 Å². The first-order valence-corrected chi connectivity index (χ1v) is 16.3. The number of rotatable bonds is 10. The van der Waals surface area contributed by atoms with Gasteiger partial charge in [0.15, 0.2) is 0 Å². The number of carbonyl (C=O) groups is 2. The minimum absolute atomic E-state index is 0.158. The number of pyridine rings is 1. The van der Waals surface area contributed by atoms with Crippen LogP contribution in [-0.4, -0.2) is 41.5 Å². The van der Waals surface area contributed by atoms with Crippen molar-refractivity contribution < 1.29 is 14.3 Å². The zero-order valence-electron chi connectivity index (χ0n) is 29.1. The number of alkyl carbamates (subject to hydrolysis) is 1. The number of amides is 2. The van der Waals surface area contributed by atoms with Gasteiger partial charge in [-0.05, 0) is 113 Å². The van der Waals surface area contributed by atoms with Crippen molar-refractivity contribution in [3.05, 3.63) is 107 Å². The Labute approximate surface area is 279 Å². The normalized spacial score (nSPS) is 13.8. The molecule has 8 nitrogen and oxygen atoms in total. The topological polar surface area (TPSA) is 105 Å². The quantitative estimate of drug-likeness (QED) is 0.154. The van der Waals surface area contributed by atoms with Crippen molar-refractivity contribution >= 4 is 23.5 Å². The maximum Gasteiger partial charge on any atom is 0.407 e. The van der Waals surface area contributed by atoms with Crippen LogP contribution >= 0.6 is 0 Å². The number of carbonyl (C=O) groups excluding carboxylic acids is 2. The fourth-order valence-electron chi connectivity index (χ4n) is 5.28. The highest BCUT2D eigenvalue weighted by Crippen LogP contribution is 2.29. The highest BCUT2D eigenvalue weighted by atomic mass is 16.6. The van der Waals surface area contributed by atoms with Gasteiger partial charge in [-0.2, -0.15) is 0 Å². The third-order valence-electron chi connectivity index (χ3n) is 8.07. The smallest absolute Gasteiger partial charge is 0.407 e. The van der Waals surface area contributed by atoms with E-state index in [1.807, 2.05) is 104 Å². The van der Waals surface area contributed by atoms with E-state index in [-0.39, 0.29) is 5.91 Å². The first kappa shape index (κ1) is 35.1. The van der Waals surface area contributed by atoms with E-state index in [4.69, 9.17) is 9.73 Å². The zero-order chi connectivity index (χ0) is 34.2. The summed E-state index contributed by atoms with van der Waals surface area (Å²) in [5.41, 5.74) is 7.92. The van der Waals surface area contributed by atoms with E-state index in [9.17, 15) is 9.59 Å². The van der Waals surface area contributed by atoms with Crippen LogP contribution in [0.2, 0.25) is 0 Å². The molecule has 0 unspecified atom stereocenters. The molecular weight excluding hydrogens is 586 g/mol. The van der Waals surface area contributed by atoms with Gasteiger partial charge >= 0.3 is 6.09 Å². The Balaban J connectivity index is 1.42. The van der Waals surface area contributed by atoms with Crippen LogP contribution in [-0.2, 0) is 10.2 Å². The Morgan fingerprint density at radius 2 is 1.64 bits per heavy atom. The van der Waals surface area contributed by atoms with Crippen LogP contribution in [0.5, 0.6) is 0 Å². The molecular formula is C39H49N5O3. The lowest BCUT2D eigenvalue weighted by atomic mass is 9.84. The number of amidine groups is 1. The van der Waals surface area contributed by atoms with Crippen molar-refractivity contribution in [1.29, 1.82) is 0 Å². The molecule has 2 amide bonds. The number of allylic oxidation sites excluding steroid dienone is 2. The Morgan fingerprint density at radius 3 is 2.30 bits per heavy atom. The lowest BCUT2D eigenvalue weighted by molar-refractivity contribution is 0.0517. The van der Waals surface area contributed by atoms with Crippen molar-refractivity contribution in [3.63, 3.8) is 0 Å². The Morgan fingerprint density at radius 1 is 0.936 bits per heavy atom. The van der Waals surface area contributed by atoms with Gasteiger partial charge in [0.25, 0.3) is 5.91 Å². The van der Waals surface area contributed by atoms with E-state index < -0.39 is 17.1 Å². The molecule has 0 aliphatic heterocycles. The highest BCUT2D eigenvalue weighted by molar-refractivity contribution is 5.95. The van der Waals surface area contributed by atoms with Crippen LogP contribution < -0.4 is 16.0 Å². The number of hydrogen-bond donors (Lipinski definition) is 3. The average Bonchev–Trinajstić information content (AvgIpc) is 3.00. The number of nitrogens with zero attached hydrogens (tertiary/aromatic N) is 2. The third-order valence-corrected chi connectivity index (χ3v) is 8.07. The molecule has 1 fully saturated rings. The molecule has 3 N–H and O–H groups in total. The molecule has 47 heavy (non-hydrogen) atoms. The van der Waals surface area contributed by atoms with Crippen LogP contribution in [0, 0.1) is 6.92 Å². The minimum Gasteiger partial charge on any atom is -0.444 e. The lowest BCUT2D eigenvalue weighted by Crippen LogP contribution is -2.40. The van der Waals surface area contributed by atoms with Gasteiger partial charge in [-0.15, -0.1) is 0 Å². The number of aliphatic imine (C=N–C) groups is 1. The van der Waals surface area contributed by atoms with Crippen molar-refractivity contribution in [3.8, 4) is 11.1 Å². The van der Waals surface area contributed by atoms with E-state index >= 15 is 0 Å². The average molecular weight is 636 g/mol. The van der Waals surface area contributed by atoms with Crippen LogP contribution in [0.15, 0.2) is 89.2 Å². The Kier molecular flexibility index (Phi) is 11.4. The highest BCUT2D eigenvalue weighted by Gasteiger charge is 2.25. The van der Waals surface area contributed by atoms with E-state index in [1.54, 1.807) is 0 Å². The summed E-state index contributed by atoms with van der Waals surface area (Å²) in [6.07, 6.45) is 6.53. The third kappa shape index (κ3) is 10.1. The number of aromatic nitrogens is 1. The van der Waals surface area contributed by atoms with Gasteiger partial charge in [0, 0.05) is 40.7 Å². The predicted octanol–water partition coefficient (Wildman–Crippen LogP) is 8.10. The van der Waals surface area contributed by atoms with Crippen molar-refractivity contribution in [2.45, 2.75) is 85.7 Å². The summed E-state index contributed by atoms with van der Waals surface area (Å²) in [7, 11) is 0. The molecule has 2 aromatic carbocycles. The molecule has 1 aliphatic carbocycles. The maximum absolute atomic E-state index is 13.4. The van der Waals surface area contributed by atoms with Gasteiger partial charge in [-0.1, -0.05) is 50.3 Å². The number of hydrogen-bond acceptors (Lipinski definition) is 5. The first-order chi connectivity index (χ1) is 22.2. The molecule has 3 aromatic rings. The molecule has 1 aromatic heterocycles. The molecule has 248 valence electrons. The summed E-state index contributed by atoms with van der Waals surface area (Å²) >= 11 is 0. The van der Waals surface area contributed by atoms with Crippen LogP contribution in [0.3, 0.4) is 0 Å². The summed E-state index contributed by atoms with van der Waals surface area (Å²) in [6, 6.07) is 20.0. The van der Waals surface area contributed by atoms with Gasteiger partial charge in [0.2, 0.25) is 0 Å². The van der Waals surface area contributed by atoms with E-state index in [0.717, 1.165) is 64.4 Å². The Hall–Kier alpha value is -4.72. The molecule has 1 saturated carbocycles. The second-order valence-electron chi connectivity index (χ2n) is 13.7. The molecule has 0 atom stereocenters. The molecule has 1 aliphatic rings. The standard InChI is InChI=1S/C39H49N5O3/c1-9-34(31-16-11-15-29(22-31)30-19-20-40-26(2)21-30)43-27(3)44-35(28-13-10-14-28)24-41-36(45)32-17-12-18-33(23-32)39(7,8)25-42-37(46)47-38(4,5)6/h9,11-12,15-23H,10,13-14,24-25H2,1-8H3,(H,41,45)(H,42,46)(H,43,44)/b34-9-. The number of aryl methyl sites for hydroxylation is 1. The zero-order valence-corrected chi connectivity index (χ0v) is 29.1. The van der Waals surface area contributed by atoms with Crippen LogP contribution in [0.4, 0.5) is 4.79 Å². The predicted molar refractivity (Wildman–Crippen MR) is 191 cm³/mol. The molecule has 4 rings (SSSR count). The fraction of sp³-hybridized carbons (Fsp3) is 0.385. The largest absolute Gasteiger partial charge is 0.444 e. The summed E-state index contributed by atoms with van der Waals surface area (Å²) in [5.74, 6) is 0.599. The summed E-state index contributed by atoms with van der Waals surface area (Å²) in [6.45, 7) is 16.2. The molecule has 8 heteroatoms. The summed E-state index contributed by atoms with van der Waals surface area (Å²) < 4.78 is 5.38. The Bertz CT molecular complexity index is 1690. The maximum atomic E-state index is 13.4. The van der Waals surface area contributed by atoms with Gasteiger partial charge in [0.05, 0.1) is 12.2 Å². The van der Waals surface area contributed by atoms with Gasteiger partial charge in [0.1, 0.15) is 11.4 Å². The number of benzene rings is 2. The van der Waals surface area contributed by atoms with Gasteiger partial charge in [-0.25, -0.2) is 9.79 Å². The van der Waals surface area contributed by atoms with Crippen LogP contribution in [0.25, 0.3) is 16.8 Å². The summed E-state index contributed by atoms with van der Waals surface area (Å²) in [4.78, 5) is 34.8. The second-order valence-corrected chi connectivity index (χ2v) is 13.7.